The minimum Gasteiger partial charge on any atom is -0.479 e. The van der Waals surface area contributed by atoms with Gasteiger partial charge in [0.1, 0.15) is 0 Å². The molecule has 1 aliphatic heterocycles. The second-order valence-electron chi connectivity index (χ2n) is 4.84. The van der Waals surface area contributed by atoms with Crippen molar-refractivity contribution < 1.29 is 9.53 Å². The molecule has 1 aromatic rings. The van der Waals surface area contributed by atoms with Crippen molar-refractivity contribution in [1.82, 2.24) is 19.8 Å². The molecular weight excluding hydrogens is 244 g/mol. The lowest BCUT2D eigenvalue weighted by molar-refractivity contribution is 0.0585. The normalized spacial score (nSPS) is 16.7. The summed E-state index contributed by atoms with van der Waals surface area (Å²) >= 11 is 0. The van der Waals surface area contributed by atoms with Crippen LogP contribution in [0.4, 0.5) is 0 Å². The molecule has 19 heavy (non-hydrogen) atoms. The molecule has 0 aromatic carbocycles. The number of methoxy groups -OCH3 is 1. The number of hydrogen-bond donors (Lipinski definition) is 0. The standard InChI is InChI=1S/C13H20N4O2/c1-10(2)16-6-8-17(9-7-16)13(18)11-12(19-3)15-5-4-14-11/h4-5,10H,6-9H2,1-3H3. The van der Waals surface area contributed by atoms with E-state index in [0.29, 0.717) is 17.6 Å². The van der Waals surface area contributed by atoms with E-state index in [2.05, 4.69) is 28.7 Å². The van der Waals surface area contributed by atoms with Gasteiger partial charge in [-0.1, -0.05) is 0 Å². The molecule has 2 heterocycles. The van der Waals surface area contributed by atoms with Gasteiger partial charge in [0.2, 0.25) is 5.88 Å². The van der Waals surface area contributed by atoms with Crippen LogP contribution in [-0.2, 0) is 0 Å². The summed E-state index contributed by atoms with van der Waals surface area (Å²) in [7, 11) is 1.50. The van der Waals surface area contributed by atoms with E-state index in [-0.39, 0.29) is 5.91 Å². The molecule has 0 spiro atoms. The monoisotopic (exact) mass is 264 g/mol. The largest absolute Gasteiger partial charge is 0.479 e. The zero-order valence-electron chi connectivity index (χ0n) is 11.7. The molecule has 6 nitrogen and oxygen atoms in total. The summed E-state index contributed by atoms with van der Waals surface area (Å²) in [6.07, 6.45) is 3.03. The van der Waals surface area contributed by atoms with E-state index in [1.165, 1.54) is 19.5 Å². The average Bonchev–Trinajstić information content (AvgIpc) is 2.46. The Morgan fingerprint density at radius 2 is 1.84 bits per heavy atom. The molecule has 1 aromatic heterocycles. The van der Waals surface area contributed by atoms with E-state index >= 15 is 0 Å². The van der Waals surface area contributed by atoms with Crippen molar-refractivity contribution in [3.63, 3.8) is 0 Å². The maximum Gasteiger partial charge on any atom is 0.278 e. The number of amides is 1. The van der Waals surface area contributed by atoms with Gasteiger partial charge in [0, 0.05) is 44.6 Å². The number of piperazine rings is 1. The first-order chi connectivity index (χ1) is 9.13. The third-order valence-electron chi connectivity index (χ3n) is 3.39. The summed E-state index contributed by atoms with van der Waals surface area (Å²) in [6, 6.07) is 0.517. The van der Waals surface area contributed by atoms with Crippen LogP contribution in [0.5, 0.6) is 5.88 Å². The molecule has 6 heteroatoms. The quantitative estimate of drug-likeness (QED) is 0.802. The molecule has 0 bridgehead atoms. The summed E-state index contributed by atoms with van der Waals surface area (Å²) in [4.78, 5) is 24.7. The predicted octanol–water partition coefficient (Wildman–Crippen LogP) is 0.651. The zero-order chi connectivity index (χ0) is 13.8. The summed E-state index contributed by atoms with van der Waals surface area (Å²) in [6.45, 7) is 7.57. The van der Waals surface area contributed by atoms with E-state index in [0.717, 1.165) is 26.2 Å². The van der Waals surface area contributed by atoms with Crippen LogP contribution < -0.4 is 4.74 Å². The van der Waals surface area contributed by atoms with E-state index in [1.807, 2.05) is 4.90 Å². The molecule has 104 valence electrons. The molecule has 1 fully saturated rings. The highest BCUT2D eigenvalue weighted by atomic mass is 16.5. The number of carbonyl (C=O) groups excluding carboxylic acids is 1. The van der Waals surface area contributed by atoms with Gasteiger partial charge in [-0.2, -0.15) is 0 Å². The van der Waals surface area contributed by atoms with Crippen molar-refractivity contribution in [2.45, 2.75) is 19.9 Å². The van der Waals surface area contributed by atoms with Crippen molar-refractivity contribution in [2.24, 2.45) is 0 Å². The second kappa shape index (κ2) is 5.97. The third kappa shape index (κ3) is 3.01. The van der Waals surface area contributed by atoms with Crippen molar-refractivity contribution in [1.29, 1.82) is 0 Å². The van der Waals surface area contributed by atoms with E-state index in [4.69, 9.17) is 4.74 Å². The van der Waals surface area contributed by atoms with Crippen LogP contribution in [0, 0.1) is 0 Å². The van der Waals surface area contributed by atoms with Gasteiger partial charge in [-0.25, -0.2) is 9.97 Å². The molecule has 0 radical (unpaired) electrons. The van der Waals surface area contributed by atoms with Crippen LogP contribution in [0.3, 0.4) is 0 Å². The van der Waals surface area contributed by atoms with Crippen LogP contribution in [0.15, 0.2) is 12.4 Å². The second-order valence-corrected chi connectivity index (χ2v) is 4.84. The van der Waals surface area contributed by atoms with Gasteiger partial charge < -0.3 is 9.64 Å². The lowest BCUT2D eigenvalue weighted by Gasteiger charge is -2.36. The highest BCUT2D eigenvalue weighted by molar-refractivity contribution is 5.94. The Bertz CT molecular complexity index is 442. The van der Waals surface area contributed by atoms with Gasteiger partial charge >= 0.3 is 0 Å². The van der Waals surface area contributed by atoms with Crippen LogP contribution in [0.25, 0.3) is 0 Å². The predicted molar refractivity (Wildman–Crippen MR) is 71.2 cm³/mol. The lowest BCUT2D eigenvalue weighted by atomic mass is 10.2. The van der Waals surface area contributed by atoms with E-state index < -0.39 is 0 Å². The molecular formula is C13H20N4O2. The number of carbonyl (C=O) groups is 1. The number of ether oxygens (including phenoxy) is 1. The summed E-state index contributed by atoms with van der Waals surface area (Å²) in [5, 5.41) is 0. The van der Waals surface area contributed by atoms with Crippen LogP contribution in [0.1, 0.15) is 24.3 Å². The molecule has 0 aliphatic carbocycles. The Balaban J connectivity index is 2.05. The lowest BCUT2D eigenvalue weighted by Crippen LogP contribution is -2.50. The number of aromatic nitrogens is 2. The Morgan fingerprint density at radius 1 is 1.21 bits per heavy atom. The van der Waals surface area contributed by atoms with Crippen LogP contribution in [-0.4, -0.2) is 65.0 Å². The maximum atomic E-state index is 12.4. The smallest absolute Gasteiger partial charge is 0.278 e. The number of nitrogens with zero attached hydrogens (tertiary/aromatic N) is 4. The van der Waals surface area contributed by atoms with Crippen LogP contribution in [0.2, 0.25) is 0 Å². The van der Waals surface area contributed by atoms with Gasteiger partial charge in [-0.15, -0.1) is 0 Å². The minimum atomic E-state index is -0.103. The Morgan fingerprint density at radius 3 is 2.42 bits per heavy atom. The topological polar surface area (TPSA) is 58.6 Å². The van der Waals surface area contributed by atoms with Crippen molar-refractivity contribution in [2.75, 3.05) is 33.3 Å². The van der Waals surface area contributed by atoms with Gasteiger partial charge in [0.25, 0.3) is 5.91 Å². The average molecular weight is 264 g/mol. The molecule has 2 rings (SSSR count). The van der Waals surface area contributed by atoms with E-state index in [1.54, 1.807) is 0 Å². The highest BCUT2D eigenvalue weighted by Crippen LogP contribution is 2.15. The highest BCUT2D eigenvalue weighted by Gasteiger charge is 2.26. The Kier molecular flexibility index (Phi) is 4.31. The zero-order valence-corrected chi connectivity index (χ0v) is 11.7. The van der Waals surface area contributed by atoms with Gasteiger partial charge in [-0.05, 0) is 13.8 Å². The summed E-state index contributed by atoms with van der Waals surface area (Å²) < 4.78 is 5.09. The summed E-state index contributed by atoms with van der Waals surface area (Å²) in [5.74, 6) is 0.187. The van der Waals surface area contributed by atoms with Crippen molar-refractivity contribution >= 4 is 5.91 Å². The molecule has 0 atom stereocenters. The van der Waals surface area contributed by atoms with Crippen molar-refractivity contribution in [3.8, 4) is 5.88 Å². The van der Waals surface area contributed by atoms with Gasteiger partial charge in [0.05, 0.1) is 7.11 Å². The molecule has 1 amide bonds. The molecule has 0 unspecified atom stereocenters. The summed E-state index contributed by atoms with van der Waals surface area (Å²) in [5.41, 5.74) is 0.294. The minimum absolute atomic E-state index is 0.103. The third-order valence-corrected chi connectivity index (χ3v) is 3.39. The molecule has 1 saturated heterocycles. The molecule has 0 N–H and O–H groups in total. The first-order valence-electron chi connectivity index (χ1n) is 6.51. The molecule has 0 saturated carbocycles. The van der Waals surface area contributed by atoms with Gasteiger partial charge in [-0.3, -0.25) is 9.69 Å². The van der Waals surface area contributed by atoms with Crippen molar-refractivity contribution in [3.05, 3.63) is 18.1 Å². The first kappa shape index (κ1) is 13.7. The fraction of sp³-hybridized carbons (Fsp3) is 0.615. The van der Waals surface area contributed by atoms with E-state index in [9.17, 15) is 4.79 Å². The fourth-order valence-corrected chi connectivity index (χ4v) is 2.21. The number of rotatable bonds is 3. The Labute approximate surface area is 113 Å². The van der Waals surface area contributed by atoms with Gasteiger partial charge in [0.15, 0.2) is 5.69 Å². The molecule has 1 aliphatic rings. The maximum absolute atomic E-state index is 12.4. The van der Waals surface area contributed by atoms with Crippen LogP contribution >= 0.6 is 0 Å². The number of hydrogen-bond acceptors (Lipinski definition) is 5. The SMILES string of the molecule is COc1nccnc1C(=O)N1CCN(C(C)C)CC1. The Hall–Kier alpha value is -1.69. The fourth-order valence-electron chi connectivity index (χ4n) is 2.21. The first-order valence-corrected chi connectivity index (χ1v) is 6.51.